The van der Waals surface area contributed by atoms with Crippen LogP contribution in [0.2, 0.25) is 0 Å². The van der Waals surface area contributed by atoms with Crippen molar-refractivity contribution in [2.45, 2.75) is 6.61 Å². The van der Waals surface area contributed by atoms with Gasteiger partial charge in [-0.3, -0.25) is 10.1 Å². The number of amides is 1. The summed E-state index contributed by atoms with van der Waals surface area (Å²) < 4.78 is 4.90. The van der Waals surface area contributed by atoms with Gasteiger partial charge in [-0.25, -0.2) is 4.98 Å². The molecule has 1 N–H and O–H groups in total. The molecule has 0 saturated carbocycles. The van der Waals surface area contributed by atoms with Gasteiger partial charge in [0.15, 0.2) is 0 Å². The Hall–Kier alpha value is -1.38. The lowest BCUT2D eigenvalue weighted by atomic mass is 10.5. The topological polar surface area (TPSA) is 77.0 Å². The number of aromatic nitrogens is 3. The average Bonchev–Trinajstić information content (AvgIpc) is 2.89. The van der Waals surface area contributed by atoms with Crippen LogP contribution in [0.25, 0.3) is 0 Å². The fraction of sp³-hybridized carbons (Fsp3) is 0.250. The summed E-state index contributed by atoms with van der Waals surface area (Å²) in [4.78, 5) is 15.5. The lowest BCUT2D eigenvalue weighted by molar-refractivity contribution is 0.102. The number of carbonyl (C=O) groups is 1. The van der Waals surface area contributed by atoms with Gasteiger partial charge in [0.2, 0.25) is 5.13 Å². The third-order valence-corrected chi connectivity index (χ3v) is 3.02. The minimum Gasteiger partial charge on any atom is -0.377 e. The Morgan fingerprint density at radius 1 is 1.56 bits per heavy atom. The van der Waals surface area contributed by atoms with Gasteiger partial charge in [0.25, 0.3) is 5.91 Å². The Morgan fingerprint density at radius 3 is 3.12 bits per heavy atom. The second-order valence-corrected chi connectivity index (χ2v) is 4.54. The second-order valence-electron chi connectivity index (χ2n) is 2.76. The van der Waals surface area contributed by atoms with Gasteiger partial charge in [-0.2, -0.15) is 0 Å². The molecule has 0 aliphatic heterocycles. The summed E-state index contributed by atoms with van der Waals surface area (Å²) in [5, 5.41) is 13.1. The van der Waals surface area contributed by atoms with Gasteiger partial charge in [-0.1, -0.05) is 11.3 Å². The van der Waals surface area contributed by atoms with E-state index in [1.54, 1.807) is 18.0 Å². The van der Waals surface area contributed by atoms with Crippen LogP contribution in [0.1, 0.15) is 15.5 Å². The molecule has 2 heterocycles. The molecule has 0 unspecified atom stereocenters. The van der Waals surface area contributed by atoms with Gasteiger partial charge in [-0.15, -0.1) is 21.5 Å². The maximum Gasteiger partial charge on any atom is 0.276 e. The Kier molecular flexibility index (Phi) is 3.54. The predicted molar refractivity (Wildman–Crippen MR) is 60.7 cm³/mol. The van der Waals surface area contributed by atoms with E-state index in [2.05, 4.69) is 20.5 Å². The standard InChI is InChI=1S/C8H8N4O2S2/c1-14-2-6-11-12-8(16-6)10-7(13)5-3-15-4-9-5/h3-4H,2H2,1H3,(H,10,12,13). The molecule has 0 radical (unpaired) electrons. The highest BCUT2D eigenvalue weighted by molar-refractivity contribution is 7.15. The minimum absolute atomic E-state index is 0.277. The van der Waals surface area contributed by atoms with Gasteiger partial charge in [0, 0.05) is 12.5 Å². The largest absolute Gasteiger partial charge is 0.377 e. The molecule has 0 aliphatic rings. The monoisotopic (exact) mass is 256 g/mol. The van der Waals surface area contributed by atoms with E-state index in [1.807, 2.05) is 0 Å². The molecular formula is C8H8N4O2S2. The summed E-state index contributed by atoms with van der Waals surface area (Å²) in [6, 6.07) is 0. The van der Waals surface area contributed by atoms with Crippen LogP contribution in [0.3, 0.4) is 0 Å². The summed E-state index contributed by atoms with van der Waals surface area (Å²) in [7, 11) is 1.58. The second kappa shape index (κ2) is 5.10. The Bertz CT molecular complexity index is 468. The number of carbonyl (C=O) groups excluding carboxylic acids is 1. The van der Waals surface area contributed by atoms with Gasteiger partial charge < -0.3 is 4.74 Å². The SMILES string of the molecule is COCc1nnc(NC(=O)c2cscn2)s1. The number of rotatable bonds is 4. The summed E-state index contributed by atoms with van der Waals surface area (Å²) in [6.45, 7) is 0.393. The van der Waals surface area contributed by atoms with E-state index in [-0.39, 0.29) is 5.91 Å². The normalized spacial score (nSPS) is 10.3. The lowest BCUT2D eigenvalue weighted by Gasteiger charge is -1.95. The van der Waals surface area contributed by atoms with E-state index in [0.29, 0.717) is 17.4 Å². The van der Waals surface area contributed by atoms with Crippen LogP contribution >= 0.6 is 22.7 Å². The Morgan fingerprint density at radius 2 is 2.44 bits per heavy atom. The molecule has 2 rings (SSSR count). The first-order chi connectivity index (χ1) is 7.79. The molecule has 6 nitrogen and oxygen atoms in total. The van der Waals surface area contributed by atoms with Crippen molar-refractivity contribution in [2.75, 3.05) is 12.4 Å². The third kappa shape index (κ3) is 2.60. The maximum atomic E-state index is 11.6. The Labute approximate surface area is 99.3 Å². The molecule has 8 heteroatoms. The van der Waals surface area contributed by atoms with Gasteiger partial charge in [0.05, 0.1) is 5.51 Å². The number of hydrogen-bond donors (Lipinski definition) is 1. The molecule has 16 heavy (non-hydrogen) atoms. The number of thiazole rings is 1. The number of ether oxygens (including phenoxy) is 1. The fourth-order valence-corrected chi connectivity index (χ4v) is 2.21. The molecule has 0 bridgehead atoms. The molecule has 2 aromatic heterocycles. The number of nitrogens with one attached hydrogen (secondary N) is 1. The first kappa shape index (κ1) is 11.1. The van der Waals surface area contributed by atoms with Gasteiger partial charge >= 0.3 is 0 Å². The number of nitrogens with zero attached hydrogens (tertiary/aromatic N) is 3. The highest BCUT2D eigenvalue weighted by Crippen LogP contribution is 2.16. The highest BCUT2D eigenvalue weighted by Gasteiger charge is 2.11. The van der Waals surface area contributed by atoms with Crippen LogP contribution in [0.4, 0.5) is 5.13 Å². The molecule has 0 saturated heterocycles. The number of anilines is 1. The van der Waals surface area contributed by atoms with E-state index in [4.69, 9.17) is 4.74 Å². The molecular weight excluding hydrogens is 248 g/mol. The van der Waals surface area contributed by atoms with Crippen molar-refractivity contribution in [2.24, 2.45) is 0 Å². The summed E-state index contributed by atoms with van der Waals surface area (Å²) in [6.07, 6.45) is 0. The molecule has 1 amide bonds. The van der Waals surface area contributed by atoms with Crippen LogP contribution in [-0.4, -0.2) is 28.2 Å². The Balaban J connectivity index is 2.01. The first-order valence-electron chi connectivity index (χ1n) is 4.30. The van der Waals surface area contributed by atoms with E-state index in [1.165, 1.54) is 22.7 Å². The summed E-state index contributed by atoms with van der Waals surface area (Å²) in [5.74, 6) is -0.277. The van der Waals surface area contributed by atoms with Crippen LogP contribution in [0.15, 0.2) is 10.9 Å². The number of hydrogen-bond acceptors (Lipinski definition) is 7. The number of methoxy groups -OCH3 is 1. The molecule has 2 aromatic rings. The quantitative estimate of drug-likeness (QED) is 0.894. The first-order valence-corrected chi connectivity index (χ1v) is 6.06. The molecule has 0 aliphatic carbocycles. The van der Waals surface area contributed by atoms with Gasteiger partial charge in [0.1, 0.15) is 17.3 Å². The van der Waals surface area contributed by atoms with Crippen LogP contribution < -0.4 is 5.32 Å². The zero-order chi connectivity index (χ0) is 11.4. The van der Waals surface area contributed by atoms with E-state index in [9.17, 15) is 4.79 Å². The maximum absolute atomic E-state index is 11.6. The van der Waals surface area contributed by atoms with E-state index >= 15 is 0 Å². The molecule has 0 aromatic carbocycles. The molecule has 0 atom stereocenters. The fourth-order valence-electron chi connectivity index (χ4n) is 0.972. The average molecular weight is 256 g/mol. The van der Waals surface area contributed by atoms with Crippen LogP contribution in [0.5, 0.6) is 0 Å². The van der Waals surface area contributed by atoms with Gasteiger partial charge in [-0.05, 0) is 0 Å². The van der Waals surface area contributed by atoms with Crippen molar-refractivity contribution < 1.29 is 9.53 Å². The van der Waals surface area contributed by atoms with E-state index < -0.39 is 0 Å². The van der Waals surface area contributed by atoms with Crippen molar-refractivity contribution in [1.82, 2.24) is 15.2 Å². The van der Waals surface area contributed by atoms with E-state index in [0.717, 1.165) is 5.01 Å². The molecule has 84 valence electrons. The predicted octanol–water partition coefficient (Wildman–Crippen LogP) is 1.39. The van der Waals surface area contributed by atoms with Crippen LogP contribution in [0, 0.1) is 0 Å². The minimum atomic E-state index is -0.277. The van der Waals surface area contributed by atoms with Crippen molar-refractivity contribution in [3.05, 3.63) is 21.6 Å². The van der Waals surface area contributed by atoms with Crippen LogP contribution in [-0.2, 0) is 11.3 Å². The molecule has 0 spiro atoms. The smallest absolute Gasteiger partial charge is 0.276 e. The zero-order valence-corrected chi connectivity index (χ0v) is 9.97. The zero-order valence-electron chi connectivity index (χ0n) is 8.34. The van der Waals surface area contributed by atoms with Crippen molar-refractivity contribution >= 4 is 33.7 Å². The van der Waals surface area contributed by atoms with Crippen molar-refractivity contribution in [3.63, 3.8) is 0 Å². The highest BCUT2D eigenvalue weighted by atomic mass is 32.1. The third-order valence-electron chi connectivity index (χ3n) is 1.62. The molecule has 0 fully saturated rings. The summed E-state index contributed by atoms with van der Waals surface area (Å²) >= 11 is 2.65. The summed E-state index contributed by atoms with van der Waals surface area (Å²) in [5.41, 5.74) is 1.99. The lowest BCUT2D eigenvalue weighted by Crippen LogP contribution is -2.11. The van der Waals surface area contributed by atoms with Crippen molar-refractivity contribution in [3.8, 4) is 0 Å². The van der Waals surface area contributed by atoms with Crippen molar-refractivity contribution in [1.29, 1.82) is 0 Å².